The summed E-state index contributed by atoms with van der Waals surface area (Å²) in [5, 5.41) is 11.9. The highest BCUT2D eigenvalue weighted by Crippen LogP contribution is 2.29. The number of nitrogens with zero attached hydrogens (tertiary/aromatic N) is 3. The molecule has 2 aromatic rings. The lowest BCUT2D eigenvalue weighted by molar-refractivity contribution is -0.132. The van der Waals surface area contributed by atoms with Gasteiger partial charge in [0.2, 0.25) is 10.9 Å². The molecule has 1 N–H and O–H groups in total. The number of piperidine rings is 1. The van der Waals surface area contributed by atoms with Crippen molar-refractivity contribution in [2.45, 2.75) is 44.9 Å². The average Bonchev–Trinajstić information content (AvgIpc) is 3.18. The number of halogens is 1. The predicted octanol–water partition coefficient (Wildman–Crippen LogP) is 3.83. The molecule has 0 aliphatic carbocycles. The van der Waals surface area contributed by atoms with E-state index in [-0.39, 0.29) is 28.6 Å². The lowest BCUT2D eigenvalue weighted by Gasteiger charge is -2.31. The van der Waals surface area contributed by atoms with E-state index in [1.807, 2.05) is 4.90 Å². The molecule has 1 fully saturated rings. The number of carbonyl (C=O) groups excluding carboxylic acids is 2. The normalized spacial score (nSPS) is 17.0. The Balaban J connectivity index is 1.61. The summed E-state index contributed by atoms with van der Waals surface area (Å²) in [5.74, 6) is -0.409. The van der Waals surface area contributed by atoms with Gasteiger partial charge >= 0.3 is 0 Å². The Labute approximate surface area is 161 Å². The first-order chi connectivity index (χ1) is 13.1. The lowest BCUT2D eigenvalue weighted by atomic mass is 9.98. The molecule has 1 saturated heterocycles. The Morgan fingerprint density at radius 3 is 2.81 bits per heavy atom. The van der Waals surface area contributed by atoms with Crippen molar-refractivity contribution >= 4 is 28.8 Å². The van der Waals surface area contributed by atoms with Crippen LogP contribution < -0.4 is 5.32 Å². The molecule has 2 amide bonds. The van der Waals surface area contributed by atoms with Gasteiger partial charge in [0.25, 0.3) is 5.91 Å². The van der Waals surface area contributed by atoms with Crippen molar-refractivity contribution < 1.29 is 14.0 Å². The van der Waals surface area contributed by atoms with Crippen LogP contribution in [0.25, 0.3) is 0 Å². The largest absolute Gasteiger partial charge is 0.342 e. The van der Waals surface area contributed by atoms with Gasteiger partial charge in [-0.3, -0.25) is 9.59 Å². The van der Waals surface area contributed by atoms with Gasteiger partial charge in [0.1, 0.15) is 10.8 Å². The molecule has 3 rings (SSSR count). The number of unbranched alkanes of at least 4 members (excludes halogenated alkanes) is 1. The highest BCUT2D eigenvalue weighted by Gasteiger charge is 2.27. The van der Waals surface area contributed by atoms with E-state index in [4.69, 9.17) is 0 Å². The molecule has 0 radical (unpaired) electrons. The molecule has 1 aromatic carbocycles. The van der Waals surface area contributed by atoms with Crippen molar-refractivity contribution in [3.8, 4) is 0 Å². The molecule has 1 aromatic heterocycles. The Bertz CT molecular complexity index is 793. The zero-order chi connectivity index (χ0) is 19.2. The van der Waals surface area contributed by atoms with Gasteiger partial charge in [0, 0.05) is 31.1 Å². The average molecular weight is 390 g/mol. The van der Waals surface area contributed by atoms with Gasteiger partial charge in [0.15, 0.2) is 0 Å². The number of nitrogens with one attached hydrogen (secondary N) is 1. The molecule has 0 bridgehead atoms. The second-order valence-corrected chi connectivity index (χ2v) is 7.70. The van der Waals surface area contributed by atoms with E-state index in [1.54, 1.807) is 0 Å². The van der Waals surface area contributed by atoms with Gasteiger partial charge in [-0.05, 0) is 43.5 Å². The summed E-state index contributed by atoms with van der Waals surface area (Å²) in [6.45, 7) is 3.50. The molecular weight excluding hydrogens is 367 g/mol. The van der Waals surface area contributed by atoms with E-state index in [0.29, 0.717) is 18.7 Å². The summed E-state index contributed by atoms with van der Waals surface area (Å²) < 4.78 is 13.0. The summed E-state index contributed by atoms with van der Waals surface area (Å²) in [7, 11) is 0. The van der Waals surface area contributed by atoms with Crippen molar-refractivity contribution in [3.05, 3.63) is 40.1 Å². The first-order valence-corrected chi connectivity index (χ1v) is 10.1. The smallest absolute Gasteiger partial charge is 0.286 e. The first kappa shape index (κ1) is 19.4. The zero-order valence-corrected chi connectivity index (χ0v) is 16.1. The van der Waals surface area contributed by atoms with E-state index in [9.17, 15) is 14.0 Å². The molecule has 27 heavy (non-hydrogen) atoms. The van der Waals surface area contributed by atoms with Gasteiger partial charge < -0.3 is 10.2 Å². The van der Waals surface area contributed by atoms with E-state index in [2.05, 4.69) is 22.4 Å². The standard InChI is InChI=1S/C19H23FN4O2S/c1-2-3-6-16(25)24-11-4-5-13(12-24)18-22-23-19(27-18)17(26)21-15-9-7-14(20)8-10-15/h7-10,13H,2-6,11-12H2,1H3,(H,21,26)/t13-/m1/s1. The van der Waals surface area contributed by atoms with Crippen LogP contribution in [0.4, 0.5) is 10.1 Å². The monoisotopic (exact) mass is 390 g/mol. The molecule has 0 unspecified atom stereocenters. The van der Waals surface area contributed by atoms with E-state index < -0.39 is 0 Å². The second kappa shape index (κ2) is 9.03. The molecule has 1 atom stereocenters. The van der Waals surface area contributed by atoms with Crippen LogP contribution in [0.1, 0.15) is 59.8 Å². The summed E-state index contributed by atoms with van der Waals surface area (Å²) in [4.78, 5) is 26.5. The molecule has 144 valence electrons. The Morgan fingerprint density at radius 1 is 1.30 bits per heavy atom. The number of likely N-dealkylation sites (tertiary alicyclic amines) is 1. The van der Waals surface area contributed by atoms with Crippen molar-refractivity contribution in [1.29, 1.82) is 0 Å². The van der Waals surface area contributed by atoms with Crippen LogP contribution >= 0.6 is 11.3 Å². The quantitative estimate of drug-likeness (QED) is 0.813. The van der Waals surface area contributed by atoms with Gasteiger partial charge in [-0.15, -0.1) is 10.2 Å². The first-order valence-electron chi connectivity index (χ1n) is 9.25. The van der Waals surface area contributed by atoms with E-state index in [0.717, 1.165) is 37.2 Å². The minimum Gasteiger partial charge on any atom is -0.342 e. The molecule has 8 heteroatoms. The van der Waals surface area contributed by atoms with Gasteiger partial charge in [-0.1, -0.05) is 24.7 Å². The fraction of sp³-hybridized carbons (Fsp3) is 0.474. The van der Waals surface area contributed by atoms with Crippen molar-refractivity contribution in [2.24, 2.45) is 0 Å². The number of hydrogen-bond acceptors (Lipinski definition) is 5. The minimum atomic E-state index is -0.364. The Kier molecular flexibility index (Phi) is 6.49. The minimum absolute atomic E-state index is 0.120. The van der Waals surface area contributed by atoms with Crippen LogP contribution in [0, 0.1) is 5.82 Å². The molecule has 1 aliphatic rings. The number of amides is 2. The highest BCUT2D eigenvalue weighted by atomic mass is 32.1. The van der Waals surface area contributed by atoms with Crippen LogP contribution in [0.15, 0.2) is 24.3 Å². The maximum atomic E-state index is 13.0. The maximum Gasteiger partial charge on any atom is 0.286 e. The third-order valence-electron chi connectivity index (χ3n) is 4.60. The molecule has 0 saturated carbocycles. The molecular formula is C19H23FN4O2S. The third kappa shape index (κ3) is 5.09. The van der Waals surface area contributed by atoms with Crippen LogP contribution in [0.2, 0.25) is 0 Å². The molecule has 2 heterocycles. The highest BCUT2D eigenvalue weighted by molar-refractivity contribution is 7.13. The topological polar surface area (TPSA) is 75.2 Å². The predicted molar refractivity (Wildman–Crippen MR) is 102 cm³/mol. The fourth-order valence-electron chi connectivity index (χ4n) is 3.10. The SMILES string of the molecule is CCCCC(=O)N1CCC[C@@H](c2nnc(C(=O)Nc3ccc(F)cc3)s2)C1. The Morgan fingerprint density at radius 2 is 2.07 bits per heavy atom. The number of aromatic nitrogens is 2. The van der Waals surface area contributed by atoms with Crippen LogP contribution in [-0.4, -0.2) is 40.0 Å². The number of carbonyl (C=O) groups is 2. The number of benzene rings is 1. The molecule has 1 aliphatic heterocycles. The molecule has 0 spiro atoms. The Hall–Kier alpha value is -2.35. The second-order valence-electron chi connectivity index (χ2n) is 6.69. The summed E-state index contributed by atoms with van der Waals surface area (Å²) >= 11 is 1.26. The summed E-state index contributed by atoms with van der Waals surface area (Å²) in [6.07, 6.45) is 4.37. The third-order valence-corrected chi connectivity index (χ3v) is 5.69. The maximum absolute atomic E-state index is 13.0. The van der Waals surface area contributed by atoms with E-state index >= 15 is 0 Å². The van der Waals surface area contributed by atoms with Crippen molar-refractivity contribution in [3.63, 3.8) is 0 Å². The van der Waals surface area contributed by atoms with Crippen molar-refractivity contribution in [1.82, 2.24) is 15.1 Å². The van der Waals surface area contributed by atoms with Gasteiger partial charge in [0.05, 0.1) is 0 Å². The van der Waals surface area contributed by atoms with Crippen LogP contribution in [0.5, 0.6) is 0 Å². The summed E-state index contributed by atoms with van der Waals surface area (Å²) in [5.41, 5.74) is 0.503. The van der Waals surface area contributed by atoms with Gasteiger partial charge in [-0.2, -0.15) is 0 Å². The fourth-order valence-corrected chi connectivity index (χ4v) is 3.96. The molecule has 6 nitrogen and oxygen atoms in total. The van der Waals surface area contributed by atoms with Crippen LogP contribution in [-0.2, 0) is 4.79 Å². The van der Waals surface area contributed by atoms with E-state index in [1.165, 1.54) is 35.6 Å². The van der Waals surface area contributed by atoms with Crippen LogP contribution in [0.3, 0.4) is 0 Å². The zero-order valence-electron chi connectivity index (χ0n) is 15.3. The van der Waals surface area contributed by atoms with Gasteiger partial charge in [-0.25, -0.2) is 4.39 Å². The number of hydrogen-bond donors (Lipinski definition) is 1. The lowest BCUT2D eigenvalue weighted by Crippen LogP contribution is -2.38. The summed E-state index contributed by atoms with van der Waals surface area (Å²) in [6, 6.07) is 5.56. The van der Waals surface area contributed by atoms with Crippen molar-refractivity contribution in [2.75, 3.05) is 18.4 Å². The number of rotatable bonds is 6. The number of anilines is 1.